The van der Waals surface area contributed by atoms with E-state index in [0.717, 1.165) is 12.1 Å². The number of anilines is 1. The summed E-state index contributed by atoms with van der Waals surface area (Å²) in [5.41, 5.74) is 0.210. The first kappa shape index (κ1) is 7.91. The predicted octanol–water partition coefficient (Wildman–Crippen LogP) is 2.15. The van der Waals surface area contributed by atoms with E-state index in [1.54, 1.807) is 0 Å². The number of halogens is 3. The fraction of sp³-hybridized carbons (Fsp3) is 0.143. The molecule has 0 unspecified atom stereocenters. The molecule has 0 aliphatic rings. The van der Waals surface area contributed by atoms with E-state index in [4.69, 9.17) is 0 Å². The molecule has 1 aromatic carbocycles. The molecule has 0 bridgehead atoms. The zero-order chi connectivity index (χ0) is 8.43. The van der Waals surface area contributed by atoms with Crippen LogP contribution < -0.4 is 5.32 Å². The highest BCUT2D eigenvalue weighted by Crippen LogP contribution is 2.16. The minimum atomic E-state index is -1.44. The van der Waals surface area contributed by atoms with Gasteiger partial charge in [-0.15, -0.1) is 0 Å². The Morgan fingerprint density at radius 2 is 1.55 bits per heavy atom. The standard InChI is InChI=1S/C7H6F3N/c1-11-4-2-5(8)7(10)6(9)3-4/h2-3,11H,1H3. The second-order valence-corrected chi connectivity index (χ2v) is 2.00. The Balaban J connectivity index is 3.21. The van der Waals surface area contributed by atoms with Gasteiger partial charge in [-0.3, -0.25) is 0 Å². The monoisotopic (exact) mass is 161 g/mol. The molecule has 1 rings (SSSR count). The fourth-order valence-corrected chi connectivity index (χ4v) is 0.700. The van der Waals surface area contributed by atoms with Crippen molar-refractivity contribution in [2.75, 3.05) is 12.4 Å². The van der Waals surface area contributed by atoms with Gasteiger partial charge >= 0.3 is 0 Å². The summed E-state index contributed by atoms with van der Waals surface area (Å²) in [4.78, 5) is 0. The molecule has 0 aromatic heterocycles. The molecule has 0 aliphatic heterocycles. The third kappa shape index (κ3) is 1.45. The maximum Gasteiger partial charge on any atom is 0.194 e. The molecule has 0 saturated carbocycles. The Kier molecular flexibility index (Phi) is 2.03. The molecule has 0 amide bonds. The van der Waals surface area contributed by atoms with Gasteiger partial charge in [0, 0.05) is 24.9 Å². The van der Waals surface area contributed by atoms with Crippen LogP contribution in [-0.4, -0.2) is 7.05 Å². The zero-order valence-corrected chi connectivity index (χ0v) is 5.79. The molecule has 0 spiro atoms. The summed E-state index contributed by atoms with van der Waals surface area (Å²) in [6, 6.07) is 1.77. The van der Waals surface area contributed by atoms with Crippen molar-refractivity contribution in [2.45, 2.75) is 0 Å². The van der Waals surface area contributed by atoms with Crippen LogP contribution in [0, 0.1) is 17.5 Å². The van der Waals surface area contributed by atoms with Gasteiger partial charge in [-0.05, 0) is 0 Å². The second kappa shape index (κ2) is 2.82. The van der Waals surface area contributed by atoms with E-state index in [2.05, 4.69) is 5.32 Å². The Hall–Kier alpha value is -1.19. The topological polar surface area (TPSA) is 12.0 Å². The van der Waals surface area contributed by atoms with E-state index < -0.39 is 17.5 Å². The summed E-state index contributed by atoms with van der Waals surface area (Å²) in [5, 5.41) is 2.49. The summed E-state index contributed by atoms with van der Waals surface area (Å²) in [6.45, 7) is 0. The molecule has 1 N–H and O–H groups in total. The maximum atomic E-state index is 12.4. The molecule has 0 aliphatic carbocycles. The molecular weight excluding hydrogens is 155 g/mol. The molecule has 11 heavy (non-hydrogen) atoms. The lowest BCUT2D eigenvalue weighted by molar-refractivity contribution is 0.448. The van der Waals surface area contributed by atoms with Crippen molar-refractivity contribution in [3.05, 3.63) is 29.6 Å². The summed E-state index contributed by atoms with van der Waals surface area (Å²) < 4.78 is 37.0. The molecule has 0 fully saturated rings. The lowest BCUT2D eigenvalue weighted by Gasteiger charge is -2.00. The van der Waals surface area contributed by atoms with Crippen LogP contribution in [0.25, 0.3) is 0 Å². The molecule has 1 aromatic rings. The number of hydrogen-bond acceptors (Lipinski definition) is 1. The largest absolute Gasteiger partial charge is 0.388 e. The lowest BCUT2D eigenvalue weighted by atomic mass is 10.3. The van der Waals surface area contributed by atoms with Gasteiger partial charge in [0.05, 0.1) is 0 Å². The molecule has 0 heterocycles. The Morgan fingerprint density at radius 1 is 1.09 bits per heavy atom. The molecule has 1 nitrogen and oxygen atoms in total. The molecule has 0 saturated heterocycles. The van der Waals surface area contributed by atoms with Crippen LogP contribution in [0.4, 0.5) is 18.9 Å². The Morgan fingerprint density at radius 3 is 1.91 bits per heavy atom. The predicted molar refractivity (Wildman–Crippen MR) is 35.9 cm³/mol. The van der Waals surface area contributed by atoms with Crippen molar-refractivity contribution in [1.82, 2.24) is 0 Å². The first-order chi connectivity index (χ1) is 5.15. The van der Waals surface area contributed by atoms with Gasteiger partial charge in [0.1, 0.15) is 0 Å². The van der Waals surface area contributed by atoms with Crippen molar-refractivity contribution >= 4 is 5.69 Å². The van der Waals surface area contributed by atoms with Crippen molar-refractivity contribution < 1.29 is 13.2 Å². The molecule has 0 atom stereocenters. The van der Waals surface area contributed by atoms with Gasteiger partial charge in [-0.1, -0.05) is 0 Å². The SMILES string of the molecule is CNc1cc(F)c(F)c(F)c1. The van der Waals surface area contributed by atoms with Crippen molar-refractivity contribution in [1.29, 1.82) is 0 Å². The second-order valence-electron chi connectivity index (χ2n) is 2.00. The van der Waals surface area contributed by atoms with E-state index in [9.17, 15) is 13.2 Å². The normalized spacial score (nSPS) is 9.82. The Bertz CT molecular complexity index is 249. The van der Waals surface area contributed by atoms with Crippen molar-refractivity contribution in [3.8, 4) is 0 Å². The van der Waals surface area contributed by atoms with Gasteiger partial charge in [-0.25, -0.2) is 13.2 Å². The van der Waals surface area contributed by atoms with Crippen LogP contribution in [-0.2, 0) is 0 Å². The Labute approximate surface area is 61.8 Å². The average Bonchev–Trinajstić information content (AvgIpc) is 1.99. The van der Waals surface area contributed by atoms with Gasteiger partial charge in [0.25, 0.3) is 0 Å². The quantitative estimate of drug-likeness (QED) is 0.622. The minimum absolute atomic E-state index is 0.210. The molecule has 4 heteroatoms. The van der Waals surface area contributed by atoms with E-state index in [0.29, 0.717) is 0 Å². The van der Waals surface area contributed by atoms with Gasteiger partial charge in [0.2, 0.25) is 0 Å². The van der Waals surface area contributed by atoms with E-state index in [1.807, 2.05) is 0 Å². The van der Waals surface area contributed by atoms with Crippen LogP contribution in [0.15, 0.2) is 12.1 Å². The molecule has 0 radical (unpaired) electrons. The molecule has 60 valence electrons. The smallest absolute Gasteiger partial charge is 0.194 e. The number of benzene rings is 1. The van der Waals surface area contributed by atoms with E-state index >= 15 is 0 Å². The summed E-state index contributed by atoms with van der Waals surface area (Å²) in [7, 11) is 1.49. The van der Waals surface area contributed by atoms with Gasteiger partial charge < -0.3 is 5.32 Å². The third-order valence-corrected chi connectivity index (χ3v) is 1.27. The lowest BCUT2D eigenvalue weighted by Crippen LogP contribution is -1.95. The first-order valence-corrected chi connectivity index (χ1v) is 2.97. The fourth-order valence-electron chi connectivity index (χ4n) is 0.700. The third-order valence-electron chi connectivity index (χ3n) is 1.27. The van der Waals surface area contributed by atoms with Crippen molar-refractivity contribution in [2.24, 2.45) is 0 Å². The van der Waals surface area contributed by atoms with Crippen LogP contribution in [0.2, 0.25) is 0 Å². The zero-order valence-electron chi connectivity index (χ0n) is 5.79. The average molecular weight is 161 g/mol. The summed E-state index contributed by atoms with van der Waals surface area (Å²) in [6.07, 6.45) is 0. The number of nitrogens with one attached hydrogen (secondary N) is 1. The van der Waals surface area contributed by atoms with E-state index in [1.165, 1.54) is 7.05 Å². The van der Waals surface area contributed by atoms with Crippen LogP contribution in [0.5, 0.6) is 0 Å². The van der Waals surface area contributed by atoms with E-state index in [-0.39, 0.29) is 5.69 Å². The number of hydrogen-bond donors (Lipinski definition) is 1. The first-order valence-electron chi connectivity index (χ1n) is 2.97. The van der Waals surface area contributed by atoms with Crippen LogP contribution in [0.1, 0.15) is 0 Å². The molecular formula is C7H6F3N. The van der Waals surface area contributed by atoms with Gasteiger partial charge in [-0.2, -0.15) is 0 Å². The van der Waals surface area contributed by atoms with Crippen molar-refractivity contribution in [3.63, 3.8) is 0 Å². The highest BCUT2D eigenvalue weighted by molar-refractivity contribution is 5.43. The highest BCUT2D eigenvalue weighted by Gasteiger charge is 2.08. The summed E-state index contributed by atoms with van der Waals surface area (Å²) in [5.74, 6) is -3.81. The highest BCUT2D eigenvalue weighted by atomic mass is 19.2. The van der Waals surface area contributed by atoms with Gasteiger partial charge in [0.15, 0.2) is 17.5 Å². The maximum absolute atomic E-state index is 12.4. The van der Waals surface area contributed by atoms with Crippen LogP contribution >= 0.6 is 0 Å². The summed E-state index contributed by atoms with van der Waals surface area (Å²) >= 11 is 0. The van der Waals surface area contributed by atoms with Crippen LogP contribution in [0.3, 0.4) is 0 Å². The minimum Gasteiger partial charge on any atom is -0.388 e. The number of rotatable bonds is 1.